The summed E-state index contributed by atoms with van der Waals surface area (Å²) < 4.78 is 0. The molecule has 2 aromatic rings. The summed E-state index contributed by atoms with van der Waals surface area (Å²) in [5.74, 6) is 0. The third-order valence-corrected chi connectivity index (χ3v) is 3.09. The van der Waals surface area contributed by atoms with Crippen LogP contribution in [0.25, 0.3) is 11.1 Å². The van der Waals surface area contributed by atoms with Crippen LogP contribution in [0.15, 0.2) is 42.5 Å². The van der Waals surface area contributed by atoms with Crippen LogP contribution in [0.4, 0.5) is 0 Å². The third-order valence-electron chi connectivity index (χ3n) is 3.09. The molecule has 3 heteroatoms. The third kappa shape index (κ3) is 2.77. The zero-order chi connectivity index (χ0) is 12.3. The Labute approximate surface area is 119 Å². The van der Waals surface area contributed by atoms with Crippen LogP contribution in [0, 0.1) is 6.92 Å². The van der Waals surface area contributed by atoms with Crippen LogP contribution in [0.1, 0.15) is 16.7 Å². The Morgan fingerprint density at radius 1 is 0.941 bits per heavy atom. The Kier molecular flexibility index (Phi) is 4.70. The minimum atomic E-state index is -0.556. The molecule has 1 aliphatic carbocycles. The van der Waals surface area contributed by atoms with E-state index < -0.39 is 17.0 Å². The van der Waals surface area contributed by atoms with Crippen molar-refractivity contribution in [1.29, 1.82) is 0 Å². The number of fused-ring (bicyclic) bond motifs is 3. The van der Waals surface area contributed by atoms with Gasteiger partial charge in [-0.15, -0.1) is 0 Å². The first-order chi connectivity index (χ1) is 8.27. The molecule has 1 aliphatic rings. The molecule has 0 aromatic heterocycles. The zero-order valence-electron chi connectivity index (χ0n) is 9.50. The molecule has 0 saturated heterocycles. The molecule has 0 amide bonds. The number of hydrogen-bond acceptors (Lipinski definition) is 0. The van der Waals surface area contributed by atoms with E-state index in [4.69, 9.17) is 18.6 Å². The summed E-state index contributed by atoms with van der Waals surface area (Å²) in [4.78, 5) is 0. The van der Waals surface area contributed by atoms with Crippen molar-refractivity contribution in [2.75, 3.05) is 0 Å². The number of aryl methyl sites for hydroxylation is 1. The van der Waals surface area contributed by atoms with Crippen molar-refractivity contribution in [3.8, 4) is 11.1 Å². The molecule has 0 heterocycles. The molecule has 0 radical (unpaired) electrons. The van der Waals surface area contributed by atoms with Gasteiger partial charge in [0.1, 0.15) is 0 Å². The minimum absolute atomic E-state index is 0.556. The predicted octanol–water partition coefficient (Wildman–Crippen LogP) is 4.94. The van der Waals surface area contributed by atoms with Crippen molar-refractivity contribution < 1.29 is 17.0 Å². The van der Waals surface area contributed by atoms with Gasteiger partial charge < -0.3 is 0 Å². The summed E-state index contributed by atoms with van der Waals surface area (Å²) >= 11 is -0.556. The van der Waals surface area contributed by atoms with Crippen LogP contribution >= 0.6 is 18.6 Å². The van der Waals surface area contributed by atoms with E-state index in [0.717, 1.165) is 6.42 Å². The molecule has 0 saturated carbocycles. The van der Waals surface area contributed by atoms with Crippen molar-refractivity contribution in [3.63, 3.8) is 0 Å². The molecular weight excluding hydrogens is 287 g/mol. The van der Waals surface area contributed by atoms with Crippen LogP contribution in [-0.2, 0) is 23.5 Å². The molecule has 0 aliphatic heterocycles. The van der Waals surface area contributed by atoms with Gasteiger partial charge in [-0.3, -0.25) is 0 Å². The van der Waals surface area contributed by atoms with E-state index in [0.29, 0.717) is 0 Å². The van der Waals surface area contributed by atoms with Gasteiger partial charge in [0.2, 0.25) is 0 Å². The molecule has 0 N–H and O–H groups in total. The standard InChI is InChI=1S/C14H12.2ClH.Ti/c1-10-5-4-8-13-12-7-3-2-6-11(12)9-14(10)13;;;/h2-8H,9H2,1H3;2*1H;/q;;;+2/p-2. The molecule has 0 unspecified atom stereocenters. The van der Waals surface area contributed by atoms with E-state index in [-0.39, 0.29) is 0 Å². The fourth-order valence-electron chi connectivity index (χ4n) is 2.32. The molecule has 0 nitrogen and oxygen atoms in total. The normalized spacial score (nSPS) is 11.0. The molecular formula is C14H12Cl2Ti. The second-order valence-electron chi connectivity index (χ2n) is 4.01. The van der Waals surface area contributed by atoms with Gasteiger partial charge >= 0.3 is 35.6 Å². The van der Waals surface area contributed by atoms with Crippen LogP contribution < -0.4 is 0 Å². The summed E-state index contributed by atoms with van der Waals surface area (Å²) in [7, 11) is 9.78. The van der Waals surface area contributed by atoms with E-state index >= 15 is 0 Å². The molecule has 0 fully saturated rings. The van der Waals surface area contributed by atoms with E-state index in [1.165, 1.54) is 27.8 Å². The van der Waals surface area contributed by atoms with Gasteiger partial charge in [-0.05, 0) is 41.2 Å². The molecule has 0 spiro atoms. The van der Waals surface area contributed by atoms with Gasteiger partial charge in [0, 0.05) is 0 Å². The zero-order valence-corrected chi connectivity index (χ0v) is 12.6. The Balaban J connectivity index is 0.000000329. The van der Waals surface area contributed by atoms with Gasteiger partial charge in [0.15, 0.2) is 0 Å². The average molecular weight is 299 g/mol. The summed E-state index contributed by atoms with van der Waals surface area (Å²) in [5, 5.41) is 0. The van der Waals surface area contributed by atoms with Gasteiger partial charge in [-0.2, -0.15) is 0 Å². The SMILES string of the molecule is Cc1cccc2c1Cc1ccccc1-2.[Cl][Ti][Cl]. The summed E-state index contributed by atoms with van der Waals surface area (Å²) in [6, 6.07) is 15.3. The van der Waals surface area contributed by atoms with Crippen molar-refractivity contribution in [1.82, 2.24) is 0 Å². The van der Waals surface area contributed by atoms with Crippen molar-refractivity contribution in [2.45, 2.75) is 13.3 Å². The number of halogens is 2. The Morgan fingerprint density at radius 3 is 2.35 bits per heavy atom. The fourth-order valence-corrected chi connectivity index (χ4v) is 2.32. The number of rotatable bonds is 0. The van der Waals surface area contributed by atoms with Crippen LogP contribution in [-0.4, -0.2) is 0 Å². The van der Waals surface area contributed by atoms with E-state index in [2.05, 4.69) is 49.4 Å². The second-order valence-corrected chi connectivity index (χ2v) is 6.59. The van der Waals surface area contributed by atoms with Crippen LogP contribution in [0.5, 0.6) is 0 Å². The van der Waals surface area contributed by atoms with Crippen molar-refractivity contribution in [2.24, 2.45) is 0 Å². The predicted molar refractivity (Wildman–Crippen MR) is 71.1 cm³/mol. The molecule has 0 bridgehead atoms. The summed E-state index contributed by atoms with van der Waals surface area (Å²) in [6.07, 6.45) is 1.11. The second kappa shape index (κ2) is 6.06. The first-order valence-corrected chi connectivity index (χ1v) is 9.70. The van der Waals surface area contributed by atoms with E-state index in [1.807, 2.05) is 0 Å². The summed E-state index contributed by atoms with van der Waals surface area (Å²) in [5.41, 5.74) is 7.25. The van der Waals surface area contributed by atoms with Gasteiger partial charge in [-0.25, -0.2) is 0 Å². The molecule has 3 rings (SSSR count). The molecule has 86 valence electrons. The first-order valence-electron chi connectivity index (χ1n) is 5.41. The Hall–Kier alpha value is -0.266. The number of hydrogen-bond donors (Lipinski definition) is 0. The monoisotopic (exact) mass is 298 g/mol. The molecule has 0 atom stereocenters. The molecule has 2 aromatic carbocycles. The van der Waals surface area contributed by atoms with Gasteiger partial charge in [0.05, 0.1) is 0 Å². The number of benzene rings is 2. The fraction of sp³-hybridized carbons (Fsp3) is 0.143. The van der Waals surface area contributed by atoms with Crippen molar-refractivity contribution in [3.05, 3.63) is 59.2 Å². The first kappa shape index (κ1) is 13.2. The van der Waals surface area contributed by atoms with E-state index in [1.54, 1.807) is 0 Å². The van der Waals surface area contributed by atoms with Crippen molar-refractivity contribution >= 4 is 18.6 Å². The average Bonchev–Trinajstić information content (AvgIpc) is 2.71. The van der Waals surface area contributed by atoms with E-state index in [9.17, 15) is 0 Å². The Bertz CT molecular complexity index is 523. The topological polar surface area (TPSA) is 0 Å². The van der Waals surface area contributed by atoms with Crippen LogP contribution in [0.3, 0.4) is 0 Å². The maximum absolute atomic E-state index is 4.89. The summed E-state index contributed by atoms with van der Waals surface area (Å²) in [6.45, 7) is 2.20. The maximum atomic E-state index is 4.89. The van der Waals surface area contributed by atoms with Gasteiger partial charge in [-0.1, -0.05) is 42.5 Å². The van der Waals surface area contributed by atoms with Gasteiger partial charge in [0.25, 0.3) is 0 Å². The Morgan fingerprint density at radius 2 is 1.59 bits per heavy atom. The quantitative estimate of drug-likeness (QED) is 0.516. The van der Waals surface area contributed by atoms with Crippen LogP contribution in [0.2, 0.25) is 0 Å². The molecule has 17 heavy (non-hydrogen) atoms.